The van der Waals surface area contributed by atoms with Gasteiger partial charge in [0.05, 0.1) is 17.4 Å². The second-order valence-electron chi connectivity index (χ2n) is 16.2. The highest BCUT2D eigenvalue weighted by atomic mass is 79.9. The fraction of sp³-hybridized carbons (Fsp3) is 0.405. The minimum atomic E-state index is -4.76. The molecule has 2 aromatic carbocycles. The van der Waals surface area contributed by atoms with Gasteiger partial charge in [-0.05, 0) is 83.2 Å². The van der Waals surface area contributed by atoms with Crippen LogP contribution in [0.15, 0.2) is 65.4 Å². The topological polar surface area (TPSA) is 193 Å². The number of hydrogen-bond acceptors (Lipinski definition) is 14. The number of benzene rings is 2. The number of carbonyl (C=O) groups excluding carboxylic acids is 4. The molecule has 2 aromatic heterocycles. The van der Waals surface area contributed by atoms with Crippen molar-refractivity contribution in [1.29, 1.82) is 0 Å². The Labute approximate surface area is 375 Å². The maximum Gasteiger partial charge on any atom is 0.421 e. The molecule has 8 rings (SSSR count). The highest BCUT2D eigenvalue weighted by Gasteiger charge is 2.46. The summed E-state index contributed by atoms with van der Waals surface area (Å²) in [5, 5.41) is 7.92. The third kappa shape index (κ3) is 9.54. The van der Waals surface area contributed by atoms with E-state index >= 15 is 0 Å². The predicted octanol–water partition coefficient (Wildman–Crippen LogP) is 4.59. The van der Waals surface area contributed by atoms with E-state index in [4.69, 9.17) is 0 Å². The first-order valence-electron chi connectivity index (χ1n) is 20.6. The molecule has 0 saturated carbocycles. The summed E-state index contributed by atoms with van der Waals surface area (Å²) in [6.07, 6.45) is 0.435. The Hall–Kier alpha value is -5.71. The zero-order valence-corrected chi connectivity index (χ0v) is 37.3. The number of fused-ring (bicyclic) bond motifs is 1. The van der Waals surface area contributed by atoms with E-state index in [9.17, 15) is 40.8 Å². The number of carbonyl (C=O) groups is 4. The molecule has 64 heavy (non-hydrogen) atoms. The van der Waals surface area contributed by atoms with Crippen molar-refractivity contribution < 1.29 is 40.8 Å². The van der Waals surface area contributed by atoms with Gasteiger partial charge in [0.15, 0.2) is 0 Å². The first-order chi connectivity index (χ1) is 30.4. The van der Waals surface area contributed by atoms with Gasteiger partial charge in [0.1, 0.15) is 23.2 Å². The summed E-state index contributed by atoms with van der Waals surface area (Å²) in [6, 6.07) is 13.6. The smallest absolute Gasteiger partial charge is 0.371 e. The highest BCUT2D eigenvalue weighted by Crippen LogP contribution is 2.36. The number of nitrogens with one attached hydrogen (secondary N) is 3. The largest absolute Gasteiger partial charge is 0.421 e. The summed E-state index contributed by atoms with van der Waals surface area (Å²) in [7, 11) is -2.36. The molecule has 0 spiro atoms. The molecular weight excluding hydrogens is 923 g/mol. The molecule has 0 bridgehead atoms. The molecule has 1 unspecified atom stereocenters. The number of aromatic nitrogens is 3. The number of anilines is 5. The van der Waals surface area contributed by atoms with Crippen LogP contribution in [0.25, 0.3) is 0 Å². The second kappa shape index (κ2) is 18.0. The molecule has 3 saturated heterocycles. The molecule has 17 nitrogen and oxygen atoms in total. The summed E-state index contributed by atoms with van der Waals surface area (Å²) in [5.41, 5.74) is 2.22. The highest BCUT2D eigenvalue weighted by molar-refractivity contribution is 9.10. The Kier molecular flexibility index (Phi) is 12.7. The van der Waals surface area contributed by atoms with Gasteiger partial charge in [-0.2, -0.15) is 18.2 Å². The van der Waals surface area contributed by atoms with Gasteiger partial charge in [-0.25, -0.2) is 18.4 Å². The zero-order valence-electron chi connectivity index (χ0n) is 34.9. The number of alkyl halides is 3. The molecular formula is C42H45BrF3N11O6S. The Morgan fingerprint density at radius 3 is 2.33 bits per heavy atom. The SMILES string of the molecule is CN(c1ncccc1CNc1nc(Nc2ccc(N3CCC(N4CCN(Cc5cc(Br)c6c(c5)C(=O)N(C5CCC(=O)NC5=O)C6=O)CC4)CC3)cc2)ncc1C(F)(F)F)S(C)(=O)=O. The second-order valence-corrected chi connectivity index (χ2v) is 19.0. The Bertz CT molecular complexity index is 2590. The first-order valence-corrected chi connectivity index (χ1v) is 23.3. The van der Waals surface area contributed by atoms with Crippen molar-refractivity contribution in [2.24, 2.45) is 0 Å². The maximum atomic E-state index is 14.0. The fourth-order valence-corrected chi connectivity index (χ4v) is 9.74. The molecule has 4 aliphatic heterocycles. The number of imide groups is 2. The third-order valence-corrected chi connectivity index (χ3v) is 13.8. The summed E-state index contributed by atoms with van der Waals surface area (Å²) >= 11 is 3.50. The average molecular weight is 969 g/mol. The van der Waals surface area contributed by atoms with Gasteiger partial charge in [-0.15, -0.1) is 0 Å². The normalized spacial score (nSPS) is 19.2. The van der Waals surface area contributed by atoms with Crippen molar-refractivity contribution in [1.82, 2.24) is 35.0 Å². The number of pyridine rings is 1. The Morgan fingerprint density at radius 1 is 0.938 bits per heavy atom. The van der Waals surface area contributed by atoms with E-state index in [0.717, 1.165) is 78.8 Å². The Balaban J connectivity index is 0.827. The van der Waals surface area contributed by atoms with Gasteiger partial charge in [0.25, 0.3) is 11.8 Å². The molecule has 3 fully saturated rings. The van der Waals surface area contributed by atoms with Crippen LogP contribution >= 0.6 is 15.9 Å². The molecule has 4 aliphatic rings. The molecule has 0 aliphatic carbocycles. The lowest BCUT2D eigenvalue weighted by molar-refractivity contribution is -0.138. The standard InChI is InChI=1S/C42H45BrF3N11O6S/c1-53(64(2,62)63)37-26(4-3-13-47-37)22-48-36-31(42(44,45)46)23-49-41(52-36)50-27-5-7-28(8-6-27)55-14-11-29(12-15-55)56-18-16-54(17-19-56)24-25-20-30-35(32(43)21-25)40(61)57(39(30)60)33-9-10-34(58)51-38(33)59/h3-8,13,20-21,23,29,33H,9-12,14-19,22,24H2,1-2H3,(H,51,58,59)(H2,48,49,50,52). The molecule has 338 valence electrons. The van der Waals surface area contributed by atoms with E-state index in [2.05, 4.69) is 61.5 Å². The molecule has 1 atom stereocenters. The van der Waals surface area contributed by atoms with E-state index < -0.39 is 57.3 Å². The average Bonchev–Trinajstić information content (AvgIpc) is 3.51. The van der Waals surface area contributed by atoms with E-state index in [1.807, 2.05) is 30.3 Å². The summed E-state index contributed by atoms with van der Waals surface area (Å²) in [4.78, 5) is 71.2. The molecule has 4 aromatic rings. The molecule has 3 N–H and O–H groups in total. The minimum Gasteiger partial charge on any atom is -0.371 e. The van der Waals surface area contributed by atoms with E-state index in [1.54, 1.807) is 18.2 Å². The maximum absolute atomic E-state index is 14.0. The van der Waals surface area contributed by atoms with Crippen LogP contribution in [-0.4, -0.2) is 126 Å². The number of piperidine rings is 2. The van der Waals surface area contributed by atoms with Crippen molar-refractivity contribution in [3.63, 3.8) is 0 Å². The summed E-state index contributed by atoms with van der Waals surface area (Å²) in [5.74, 6) is -2.61. The van der Waals surface area contributed by atoms with Gasteiger partial charge in [-0.3, -0.25) is 43.5 Å². The fourth-order valence-electron chi connectivity index (χ4n) is 8.58. The van der Waals surface area contributed by atoms with E-state index in [-0.39, 0.29) is 42.3 Å². The number of sulfonamides is 1. The van der Waals surface area contributed by atoms with Gasteiger partial charge in [0.2, 0.25) is 27.8 Å². The number of halogens is 4. The van der Waals surface area contributed by atoms with Crippen molar-refractivity contribution in [2.45, 2.75) is 57.0 Å². The number of rotatable bonds is 12. The van der Waals surface area contributed by atoms with Crippen LogP contribution in [0.3, 0.4) is 0 Å². The minimum absolute atomic E-state index is 0.0559. The van der Waals surface area contributed by atoms with Crippen molar-refractivity contribution >= 4 is 78.5 Å². The number of amides is 4. The lowest BCUT2D eigenvalue weighted by Gasteiger charge is -2.43. The van der Waals surface area contributed by atoms with Crippen LogP contribution in [0.5, 0.6) is 0 Å². The molecule has 4 amide bonds. The lowest BCUT2D eigenvalue weighted by atomic mass is 10.0. The van der Waals surface area contributed by atoms with Gasteiger partial charge < -0.3 is 15.5 Å². The van der Waals surface area contributed by atoms with Crippen LogP contribution in [0.2, 0.25) is 0 Å². The van der Waals surface area contributed by atoms with Crippen LogP contribution in [0, 0.1) is 0 Å². The van der Waals surface area contributed by atoms with E-state index in [0.29, 0.717) is 34.5 Å². The number of nitrogens with zero attached hydrogens (tertiary/aromatic N) is 8. The van der Waals surface area contributed by atoms with Gasteiger partial charge >= 0.3 is 6.18 Å². The van der Waals surface area contributed by atoms with E-state index in [1.165, 1.54) is 13.2 Å². The Morgan fingerprint density at radius 2 is 1.66 bits per heavy atom. The van der Waals surface area contributed by atoms with Crippen LogP contribution in [-0.2, 0) is 38.9 Å². The quantitative estimate of drug-likeness (QED) is 0.167. The van der Waals surface area contributed by atoms with Crippen molar-refractivity contribution in [3.05, 3.63) is 93.2 Å². The lowest BCUT2D eigenvalue weighted by Crippen LogP contribution is -2.54. The van der Waals surface area contributed by atoms with Gasteiger partial charge in [-0.1, -0.05) is 6.07 Å². The van der Waals surface area contributed by atoms with Crippen LogP contribution < -0.4 is 25.2 Å². The third-order valence-electron chi connectivity index (χ3n) is 12.0. The molecule has 22 heteroatoms. The molecule has 6 heterocycles. The van der Waals surface area contributed by atoms with Crippen molar-refractivity contribution in [3.8, 4) is 0 Å². The number of hydrogen-bond donors (Lipinski definition) is 3. The summed E-state index contributed by atoms with van der Waals surface area (Å²) in [6.45, 7) is 5.51. The summed E-state index contributed by atoms with van der Waals surface area (Å²) < 4.78 is 67.7. The van der Waals surface area contributed by atoms with Crippen LogP contribution in [0.1, 0.15) is 63.1 Å². The number of piperazine rings is 1. The monoisotopic (exact) mass is 967 g/mol. The zero-order chi connectivity index (χ0) is 45.5. The van der Waals surface area contributed by atoms with Gasteiger partial charge in [0, 0.05) is 106 Å². The predicted molar refractivity (Wildman–Crippen MR) is 234 cm³/mol. The van der Waals surface area contributed by atoms with Crippen LogP contribution in [0.4, 0.5) is 42.1 Å². The van der Waals surface area contributed by atoms with Crippen molar-refractivity contribution in [2.75, 3.05) is 72.4 Å². The molecule has 0 radical (unpaired) electrons. The first kappa shape index (κ1) is 44.9.